The summed E-state index contributed by atoms with van der Waals surface area (Å²) in [4.78, 5) is 12.7. The molecule has 1 fully saturated rings. The zero-order valence-electron chi connectivity index (χ0n) is 19.1. The van der Waals surface area contributed by atoms with Crippen molar-refractivity contribution in [3.63, 3.8) is 0 Å². The Balaban J connectivity index is 1.37. The molecule has 5 nitrogen and oxygen atoms in total. The minimum atomic E-state index is -0.572. The van der Waals surface area contributed by atoms with Gasteiger partial charge in [-0.05, 0) is 58.9 Å². The van der Waals surface area contributed by atoms with Gasteiger partial charge >= 0.3 is 0 Å². The number of hydrogen-bond acceptors (Lipinski definition) is 4. The molecule has 35 heavy (non-hydrogen) atoms. The van der Waals surface area contributed by atoms with Crippen LogP contribution in [0.1, 0.15) is 46.7 Å². The first kappa shape index (κ1) is 22.7. The third-order valence-corrected chi connectivity index (χ3v) is 6.71. The molecule has 4 aromatic carbocycles. The Morgan fingerprint density at radius 2 is 1.60 bits per heavy atom. The lowest BCUT2D eigenvalue weighted by atomic mass is 9.77. The topological polar surface area (TPSA) is 89.8 Å². The Morgan fingerprint density at radius 3 is 2.34 bits per heavy atom. The molecule has 0 radical (unpaired) electrons. The molecule has 176 valence electrons. The van der Waals surface area contributed by atoms with Crippen molar-refractivity contribution in [1.29, 1.82) is 0 Å². The SMILES string of the molecule is O=C1N[C@H](c2ccc(-c3cccc(O)c3)c(O)c2)[C@H]1c1ccccc1CC[C@H](O)c1ccccc1. The number of aromatic hydroxyl groups is 2. The van der Waals surface area contributed by atoms with Crippen molar-refractivity contribution in [2.45, 2.75) is 30.9 Å². The first-order valence-electron chi connectivity index (χ1n) is 11.7. The lowest BCUT2D eigenvalue weighted by molar-refractivity contribution is -0.131. The van der Waals surface area contributed by atoms with Crippen molar-refractivity contribution in [1.82, 2.24) is 5.32 Å². The molecular weight excluding hydrogens is 438 g/mol. The second-order valence-corrected chi connectivity index (χ2v) is 8.95. The molecule has 1 heterocycles. The van der Waals surface area contributed by atoms with Crippen molar-refractivity contribution >= 4 is 5.91 Å². The number of phenols is 2. The van der Waals surface area contributed by atoms with E-state index < -0.39 is 6.10 Å². The molecule has 1 aliphatic rings. The fraction of sp³-hybridized carbons (Fsp3) is 0.167. The number of carbonyl (C=O) groups excluding carboxylic acids is 1. The van der Waals surface area contributed by atoms with Gasteiger partial charge < -0.3 is 20.6 Å². The van der Waals surface area contributed by atoms with Crippen LogP contribution in [0.4, 0.5) is 0 Å². The molecule has 4 aromatic rings. The molecule has 1 amide bonds. The van der Waals surface area contributed by atoms with Crippen molar-refractivity contribution in [3.05, 3.63) is 119 Å². The van der Waals surface area contributed by atoms with E-state index in [4.69, 9.17) is 0 Å². The molecular formula is C30H27NO4. The summed E-state index contributed by atoms with van der Waals surface area (Å²) in [6, 6.07) is 29.3. The summed E-state index contributed by atoms with van der Waals surface area (Å²) in [6.07, 6.45) is 0.626. The molecule has 5 heteroatoms. The normalized spacial score (nSPS) is 17.9. The smallest absolute Gasteiger partial charge is 0.230 e. The summed E-state index contributed by atoms with van der Waals surface area (Å²) >= 11 is 0. The second-order valence-electron chi connectivity index (χ2n) is 8.95. The van der Waals surface area contributed by atoms with Crippen LogP contribution in [0.3, 0.4) is 0 Å². The van der Waals surface area contributed by atoms with Gasteiger partial charge in [0, 0.05) is 5.56 Å². The molecule has 3 atom stereocenters. The first-order chi connectivity index (χ1) is 17.0. The number of aliphatic hydroxyl groups is 1. The predicted octanol–water partition coefficient (Wildman–Crippen LogP) is 5.39. The van der Waals surface area contributed by atoms with E-state index in [1.807, 2.05) is 72.8 Å². The van der Waals surface area contributed by atoms with Gasteiger partial charge in [-0.15, -0.1) is 0 Å². The predicted molar refractivity (Wildman–Crippen MR) is 135 cm³/mol. The molecule has 0 saturated carbocycles. The van der Waals surface area contributed by atoms with Crippen LogP contribution >= 0.6 is 0 Å². The number of hydrogen-bond donors (Lipinski definition) is 4. The molecule has 4 N–H and O–H groups in total. The van der Waals surface area contributed by atoms with Crippen LogP contribution < -0.4 is 5.32 Å². The fourth-order valence-corrected chi connectivity index (χ4v) is 4.84. The Bertz CT molecular complexity index is 1350. The van der Waals surface area contributed by atoms with Crippen LogP contribution in [0.2, 0.25) is 0 Å². The maximum atomic E-state index is 12.7. The van der Waals surface area contributed by atoms with E-state index in [1.54, 1.807) is 24.3 Å². The van der Waals surface area contributed by atoms with Crippen molar-refractivity contribution in [3.8, 4) is 22.6 Å². The maximum Gasteiger partial charge on any atom is 0.230 e. The molecule has 0 unspecified atom stereocenters. The van der Waals surface area contributed by atoms with Crippen LogP contribution in [0.5, 0.6) is 11.5 Å². The van der Waals surface area contributed by atoms with Crippen molar-refractivity contribution < 1.29 is 20.1 Å². The summed E-state index contributed by atoms with van der Waals surface area (Å²) in [7, 11) is 0. The van der Waals surface area contributed by atoms with Gasteiger partial charge in [-0.25, -0.2) is 0 Å². The molecule has 0 bridgehead atoms. The van der Waals surface area contributed by atoms with Crippen molar-refractivity contribution in [2.75, 3.05) is 0 Å². The van der Waals surface area contributed by atoms with Crippen LogP contribution in [0.15, 0.2) is 97.1 Å². The Labute approximate surface area is 204 Å². The molecule has 5 rings (SSSR count). The van der Waals surface area contributed by atoms with E-state index in [2.05, 4.69) is 5.32 Å². The van der Waals surface area contributed by atoms with Gasteiger partial charge in [0.2, 0.25) is 5.91 Å². The summed E-state index contributed by atoms with van der Waals surface area (Å²) < 4.78 is 0. The van der Waals surface area contributed by atoms with Crippen LogP contribution in [0.25, 0.3) is 11.1 Å². The number of aliphatic hydroxyl groups excluding tert-OH is 1. The Morgan fingerprint density at radius 1 is 0.829 bits per heavy atom. The van der Waals surface area contributed by atoms with E-state index in [0.29, 0.717) is 24.0 Å². The summed E-state index contributed by atoms with van der Waals surface area (Å²) in [5.74, 6) is -0.202. The standard InChI is InChI=1S/C30H27NO4/c32-23-11-6-10-21(17-23)24-15-13-22(18-27(24)34)29-28(30(35)31-29)25-12-5-4-7-19(25)14-16-26(33)20-8-2-1-3-9-20/h1-13,15,17-18,26,28-29,32-34H,14,16H2,(H,31,35)/t26-,28+,29+/m0/s1. The van der Waals surface area contributed by atoms with Crippen molar-refractivity contribution in [2.24, 2.45) is 0 Å². The zero-order chi connectivity index (χ0) is 24.4. The van der Waals surface area contributed by atoms with Gasteiger partial charge in [-0.2, -0.15) is 0 Å². The first-order valence-corrected chi connectivity index (χ1v) is 11.7. The highest BCUT2D eigenvalue weighted by Gasteiger charge is 2.42. The van der Waals surface area contributed by atoms with Gasteiger partial charge in [-0.3, -0.25) is 4.79 Å². The largest absolute Gasteiger partial charge is 0.508 e. The average molecular weight is 466 g/mol. The number of β-lactam (4-membered cyclic amide) rings is 1. The minimum Gasteiger partial charge on any atom is -0.508 e. The van der Waals surface area contributed by atoms with E-state index >= 15 is 0 Å². The fourth-order valence-electron chi connectivity index (χ4n) is 4.84. The van der Waals surface area contributed by atoms with Crippen LogP contribution in [0, 0.1) is 0 Å². The maximum absolute atomic E-state index is 12.7. The lowest BCUT2D eigenvalue weighted by Crippen LogP contribution is -2.50. The van der Waals surface area contributed by atoms with E-state index in [9.17, 15) is 20.1 Å². The minimum absolute atomic E-state index is 0.0531. The van der Waals surface area contributed by atoms with Crippen LogP contribution in [-0.2, 0) is 11.2 Å². The number of amides is 1. The molecule has 0 aliphatic carbocycles. The Kier molecular flexibility index (Phi) is 6.25. The number of nitrogens with one attached hydrogen (secondary N) is 1. The monoisotopic (exact) mass is 465 g/mol. The van der Waals surface area contributed by atoms with Gasteiger partial charge in [0.05, 0.1) is 18.1 Å². The highest BCUT2D eigenvalue weighted by atomic mass is 16.3. The zero-order valence-corrected chi connectivity index (χ0v) is 19.1. The second kappa shape index (κ2) is 9.65. The number of phenolic OH excluding ortho intramolecular Hbond substituents is 2. The molecule has 1 aliphatic heterocycles. The third kappa shape index (κ3) is 4.63. The summed E-state index contributed by atoms with van der Waals surface area (Å²) in [5.41, 5.74) is 5.00. The molecule has 0 spiro atoms. The average Bonchev–Trinajstić information content (AvgIpc) is 2.87. The van der Waals surface area contributed by atoms with E-state index in [0.717, 1.165) is 22.3 Å². The van der Waals surface area contributed by atoms with E-state index in [1.165, 1.54) is 0 Å². The number of benzene rings is 4. The molecule has 1 saturated heterocycles. The van der Waals surface area contributed by atoms with Gasteiger partial charge in [-0.1, -0.05) is 78.9 Å². The number of aryl methyl sites for hydroxylation is 1. The summed E-state index contributed by atoms with van der Waals surface area (Å²) in [6.45, 7) is 0. The number of rotatable bonds is 7. The number of carbonyl (C=O) groups is 1. The summed E-state index contributed by atoms with van der Waals surface area (Å²) in [5, 5.41) is 34.1. The van der Waals surface area contributed by atoms with Gasteiger partial charge in [0.1, 0.15) is 11.5 Å². The van der Waals surface area contributed by atoms with Gasteiger partial charge in [0.25, 0.3) is 0 Å². The Hall–Kier alpha value is -4.09. The highest BCUT2D eigenvalue weighted by molar-refractivity contribution is 5.92. The van der Waals surface area contributed by atoms with Crippen LogP contribution in [-0.4, -0.2) is 21.2 Å². The van der Waals surface area contributed by atoms with E-state index in [-0.39, 0.29) is 29.4 Å². The van der Waals surface area contributed by atoms with Gasteiger partial charge in [0.15, 0.2) is 0 Å². The third-order valence-electron chi connectivity index (χ3n) is 6.71. The quantitative estimate of drug-likeness (QED) is 0.276. The molecule has 0 aromatic heterocycles. The lowest BCUT2D eigenvalue weighted by Gasteiger charge is -2.38. The highest BCUT2D eigenvalue weighted by Crippen LogP contribution is 2.43.